The van der Waals surface area contributed by atoms with Crippen molar-refractivity contribution in [1.82, 2.24) is 15.1 Å². The Bertz CT molecular complexity index is 832. The Kier molecular flexibility index (Phi) is 7.06. The first-order valence-corrected chi connectivity index (χ1v) is 10.00. The number of nitrogens with one attached hydrogen (secondary N) is 1. The number of benzene rings is 2. The Morgan fingerprint density at radius 2 is 1.68 bits per heavy atom. The molecule has 1 fully saturated rings. The molecule has 0 aromatic heterocycles. The van der Waals surface area contributed by atoms with Gasteiger partial charge in [0.05, 0.1) is 10.6 Å². The van der Waals surface area contributed by atoms with E-state index in [2.05, 4.69) is 41.4 Å². The summed E-state index contributed by atoms with van der Waals surface area (Å²) < 4.78 is 0. The molecule has 1 aliphatic heterocycles. The van der Waals surface area contributed by atoms with Gasteiger partial charge in [-0.3, -0.25) is 14.5 Å². The molecule has 0 spiro atoms. The molecule has 3 rings (SSSR count). The maximum Gasteiger partial charge on any atom is 0.252 e. The first-order valence-electron chi connectivity index (χ1n) is 9.62. The Morgan fingerprint density at radius 3 is 2.39 bits per heavy atom. The van der Waals surface area contributed by atoms with Gasteiger partial charge in [0.2, 0.25) is 5.91 Å². The quantitative estimate of drug-likeness (QED) is 0.812. The van der Waals surface area contributed by atoms with Crippen LogP contribution >= 0.6 is 11.6 Å². The molecule has 0 saturated carbocycles. The Labute approximate surface area is 171 Å². The van der Waals surface area contributed by atoms with E-state index in [1.165, 1.54) is 11.1 Å². The summed E-state index contributed by atoms with van der Waals surface area (Å²) >= 11 is 6.02. The van der Waals surface area contributed by atoms with Crippen LogP contribution in [0.25, 0.3) is 0 Å². The van der Waals surface area contributed by atoms with E-state index >= 15 is 0 Å². The highest BCUT2D eigenvalue weighted by Crippen LogP contribution is 2.15. The van der Waals surface area contributed by atoms with Crippen molar-refractivity contribution in [3.05, 3.63) is 70.2 Å². The predicted molar refractivity (Wildman–Crippen MR) is 111 cm³/mol. The molecule has 1 saturated heterocycles. The fourth-order valence-corrected chi connectivity index (χ4v) is 3.59. The number of nitrogens with zero attached hydrogens (tertiary/aromatic N) is 2. The van der Waals surface area contributed by atoms with E-state index in [0.29, 0.717) is 23.6 Å². The topological polar surface area (TPSA) is 52.6 Å². The molecular formula is C22H26ClN3O2. The summed E-state index contributed by atoms with van der Waals surface area (Å²) in [6.45, 7) is 6.55. The molecule has 2 aromatic rings. The van der Waals surface area contributed by atoms with Crippen LogP contribution in [0, 0.1) is 6.92 Å². The summed E-state index contributed by atoms with van der Waals surface area (Å²) in [6, 6.07) is 15.3. The largest absolute Gasteiger partial charge is 0.351 e. The number of amides is 2. The summed E-state index contributed by atoms with van der Waals surface area (Å²) in [5.41, 5.74) is 3.07. The molecule has 6 heteroatoms. The van der Waals surface area contributed by atoms with Crippen LogP contribution in [0.4, 0.5) is 0 Å². The van der Waals surface area contributed by atoms with Crippen LogP contribution in [0.5, 0.6) is 0 Å². The van der Waals surface area contributed by atoms with E-state index in [1.54, 1.807) is 24.3 Å². The van der Waals surface area contributed by atoms with Gasteiger partial charge in [-0.15, -0.1) is 0 Å². The number of carbonyl (C=O) groups excluding carboxylic acids is 2. The van der Waals surface area contributed by atoms with Crippen molar-refractivity contribution in [2.45, 2.75) is 19.9 Å². The minimum absolute atomic E-state index is 0.0787. The lowest BCUT2D eigenvalue weighted by molar-refractivity contribution is -0.132. The number of aryl methyl sites for hydroxylation is 1. The first-order chi connectivity index (χ1) is 13.5. The first kappa shape index (κ1) is 20.4. The van der Waals surface area contributed by atoms with Crippen molar-refractivity contribution in [3.63, 3.8) is 0 Å². The highest BCUT2D eigenvalue weighted by Gasteiger charge is 2.21. The summed E-state index contributed by atoms with van der Waals surface area (Å²) in [4.78, 5) is 28.8. The van der Waals surface area contributed by atoms with E-state index < -0.39 is 0 Å². The molecular weight excluding hydrogens is 374 g/mol. The van der Waals surface area contributed by atoms with Crippen molar-refractivity contribution in [1.29, 1.82) is 0 Å². The molecule has 0 radical (unpaired) electrons. The molecule has 1 aliphatic rings. The Morgan fingerprint density at radius 1 is 1.00 bits per heavy atom. The monoisotopic (exact) mass is 399 g/mol. The third-order valence-corrected chi connectivity index (χ3v) is 5.45. The fraction of sp³-hybridized carbons (Fsp3) is 0.364. The number of halogens is 1. The van der Waals surface area contributed by atoms with E-state index in [1.807, 2.05) is 4.90 Å². The van der Waals surface area contributed by atoms with Gasteiger partial charge in [0, 0.05) is 45.7 Å². The van der Waals surface area contributed by atoms with Gasteiger partial charge in [-0.25, -0.2) is 0 Å². The Hall–Kier alpha value is -2.37. The second-order valence-electron chi connectivity index (χ2n) is 7.07. The average Bonchev–Trinajstić information content (AvgIpc) is 2.70. The van der Waals surface area contributed by atoms with Gasteiger partial charge >= 0.3 is 0 Å². The number of carbonyl (C=O) groups is 2. The average molecular weight is 400 g/mol. The lowest BCUT2D eigenvalue weighted by Crippen LogP contribution is -2.48. The third kappa shape index (κ3) is 5.33. The van der Waals surface area contributed by atoms with Gasteiger partial charge < -0.3 is 10.2 Å². The molecule has 0 aliphatic carbocycles. The van der Waals surface area contributed by atoms with Crippen LogP contribution < -0.4 is 5.32 Å². The minimum atomic E-state index is -0.249. The van der Waals surface area contributed by atoms with Crippen molar-refractivity contribution in [3.8, 4) is 0 Å². The molecule has 148 valence electrons. The number of hydrogen-bond donors (Lipinski definition) is 1. The maximum atomic E-state index is 12.4. The van der Waals surface area contributed by atoms with Gasteiger partial charge in [0.1, 0.15) is 0 Å². The van der Waals surface area contributed by atoms with Gasteiger partial charge in [-0.1, -0.05) is 48.0 Å². The standard InChI is InChI=1S/C22H26ClN3O2/c1-17-6-2-3-7-18(17)16-25-12-14-26(15-13-25)21(27)10-11-24-22(28)19-8-4-5-9-20(19)23/h2-9H,10-16H2,1H3,(H,24,28). The molecule has 0 atom stereocenters. The molecule has 0 unspecified atom stereocenters. The third-order valence-electron chi connectivity index (χ3n) is 5.12. The second kappa shape index (κ2) is 9.71. The fourth-order valence-electron chi connectivity index (χ4n) is 3.37. The minimum Gasteiger partial charge on any atom is -0.351 e. The van der Waals surface area contributed by atoms with Gasteiger partial charge in [0.25, 0.3) is 5.91 Å². The van der Waals surface area contributed by atoms with Crippen molar-refractivity contribution >= 4 is 23.4 Å². The number of hydrogen-bond acceptors (Lipinski definition) is 3. The van der Waals surface area contributed by atoms with E-state index in [4.69, 9.17) is 11.6 Å². The zero-order chi connectivity index (χ0) is 19.9. The molecule has 2 aromatic carbocycles. The highest BCUT2D eigenvalue weighted by atomic mass is 35.5. The SMILES string of the molecule is Cc1ccccc1CN1CCN(C(=O)CCNC(=O)c2ccccc2Cl)CC1. The van der Waals surface area contributed by atoms with Crippen LogP contribution in [0.15, 0.2) is 48.5 Å². The van der Waals surface area contributed by atoms with Crippen LogP contribution in [-0.4, -0.2) is 54.3 Å². The lowest BCUT2D eigenvalue weighted by atomic mass is 10.1. The van der Waals surface area contributed by atoms with Crippen LogP contribution in [0.3, 0.4) is 0 Å². The van der Waals surface area contributed by atoms with E-state index in [-0.39, 0.29) is 11.8 Å². The molecule has 1 heterocycles. The zero-order valence-electron chi connectivity index (χ0n) is 16.2. The highest BCUT2D eigenvalue weighted by molar-refractivity contribution is 6.33. The molecule has 0 bridgehead atoms. The van der Waals surface area contributed by atoms with E-state index in [0.717, 1.165) is 32.7 Å². The lowest BCUT2D eigenvalue weighted by Gasteiger charge is -2.35. The molecule has 1 N–H and O–H groups in total. The van der Waals surface area contributed by atoms with E-state index in [9.17, 15) is 9.59 Å². The number of rotatable bonds is 6. The summed E-state index contributed by atoms with van der Waals surface area (Å²) in [7, 11) is 0. The van der Waals surface area contributed by atoms with Crippen LogP contribution in [-0.2, 0) is 11.3 Å². The van der Waals surface area contributed by atoms with Gasteiger partial charge in [-0.05, 0) is 30.2 Å². The van der Waals surface area contributed by atoms with Crippen molar-refractivity contribution < 1.29 is 9.59 Å². The zero-order valence-corrected chi connectivity index (χ0v) is 16.9. The van der Waals surface area contributed by atoms with Gasteiger partial charge in [0.15, 0.2) is 0 Å². The molecule has 5 nitrogen and oxygen atoms in total. The number of piperazine rings is 1. The van der Waals surface area contributed by atoms with Crippen molar-refractivity contribution in [2.75, 3.05) is 32.7 Å². The Balaban J connectivity index is 1.40. The second-order valence-corrected chi connectivity index (χ2v) is 7.48. The van der Waals surface area contributed by atoms with Crippen molar-refractivity contribution in [2.24, 2.45) is 0 Å². The smallest absolute Gasteiger partial charge is 0.252 e. The van der Waals surface area contributed by atoms with Gasteiger partial charge in [-0.2, -0.15) is 0 Å². The normalized spacial score (nSPS) is 14.7. The van der Waals surface area contributed by atoms with Crippen LogP contribution in [0.1, 0.15) is 27.9 Å². The summed E-state index contributed by atoms with van der Waals surface area (Å²) in [5, 5.41) is 3.19. The summed E-state index contributed by atoms with van der Waals surface area (Å²) in [5.74, 6) is -0.170. The molecule has 2 amide bonds. The molecule has 28 heavy (non-hydrogen) atoms. The predicted octanol–water partition coefficient (Wildman–Crippen LogP) is 3.11. The van der Waals surface area contributed by atoms with Crippen LogP contribution in [0.2, 0.25) is 5.02 Å². The maximum absolute atomic E-state index is 12.4. The summed E-state index contributed by atoms with van der Waals surface area (Å²) in [6.07, 6.45) is 0.300.